The first-order valence-corrected chi connectivity index (χ1v) is 15.4. The maximum absolute atomic E-state index is 9.14. The molecule has 1 N–H and O–H groups in total. The van der Waals surface area contributed by atoms with Crippen LogP contribution in [0.2, 0.25) is 13.1 Å². The van der Waals surface area contributed by atoms with Crippen molar-refractivity contribution in [1.82, 2.24) is 0 Å². The Morgan fingerprint density at radius 1 is 1.00 bits per heavy atom. The molecule has 1 aliphatic carbocycles. The van der Waals surface area contributed by atoms with Crippen molar-refractivity contribution in [3.63, 3.8) is 0 Å². The Labute approximate surface area is 195 Å². The average molecular weight is 508 g/mol. The summed E-state index contributed by atoms with van der Waals surface area (Å²) in [5.74, 6) is 0.338. The smallest absolute Gasteiger partial charge is 0.0434 e. The number of rotatable bonds is 4. The van der Waals surface area contributed by atoms with Crippen LogP contribution in [0.3, 0.4) is 0 Å². The minimum Gasteiger partial charge on any atom is -1.00 e. The van der Waals surface area contributed by atoms with E-state index in [1.807, 2.05) is 0 Å². The van der Waals surface area contributed by atoms with Crippen molar-refractivity contribution in [2.45, 2.75) is 31.9 Å². The zero-order valence-corrected chi connectivity index (χ0v) is 21.2. The van der Waals surface area contributed by atoms with Gasteiger partial charge in [0.2, 0.25) is 0 Å². The van der Waals surface area contributed by atoms with Crippen LogP contribution in [0.1, 0.15) is 35.4 Å². The molecule has 0 fully saturated rings. The second-order valence-electron chi connectivity index (χ2n) is 6.96. The van der Waals surface area contributed by atoms with Gasteiger partial charge in [-0.2, -0.15) is 6.07 Å². The summed E-state index contributed by atoms with van der Waals surface area (Å²) in [7, 11) is 0. The Bertz CT molecular complexity index is 944. The molecule has 1 unspecified atom stereocenters. The average Bonchev–Trinajstić information content (AvgIpc) is 3.21. The molecule has 4 rings (SSSR count). The Balaban J connectivity index is 0.000000601. The van der Waals surface area contributed by atoms with Crippen LogP contribution in [0, 0.1) is 0 Å². The molecule has 1 aliphatic rings. The molecular formula is C23H25Cl2OSiZr-. The SMILES string of the molecule is C[Si](C)=[Zr+2].OCCCC1=CC([c-]2ccc3ccccc32)c2ccccc21.[Cl-].[Cl-]. The van der Waals surface area contributed by atoms with Crippen LogP contribution in [0.4, 0.5) is 0 Å². The Hall–Kier alpha value is -0.570. The maximum Gasteiger partial charge on any atom is 0.0434 e. The van der Waals surface area contributed by atoms with Crippen molar-refractivity contribution in [3.8, 4) is 0 Å². The molecule has 0 aliphatic heterocycles. The fraction of sp³-hybridized carbons (Fsp3) is 0.261. The largest absolute Gasteiger partial charge is 1.00 e. The molecule has 3 aromatic rings. The van der Waals surface area contributed by atoms with E-state index in [4.69, 9.17) is 5.11 Å². The summed E-state index contributed by atoms with van der Waals surface area (Å²) in [5.41, 5.74) is 5.72. The van der Waals surface area contributed by atoms with Crippen LogP contribution in [0.25, 0.3) is 16.3 Å². The Morgan fingerprint density at radius 3 is 2.36 bits per heavy atom. The van der Waals surface area contributed by atoms with Crippen LogP contribution in [-0.4, -0.2) is 17.1 Å². The molecule has 146 valence electrons. The molecule has 0 saturated carbocycles. The van der Waals surface area contributed by atoms with Crippen molar-refractivity contribution >= 4 is 21.8 Å². The van der Waals surface area contributed by atoms with E-state index >= 15 is 0 Å². The van der Waals surface area contributed by atoms with Gasteiger partial charge in [0.15, 0.2) is 0 Å². The monoisotopic (exact) mass is 505 g/mol. The quantitative estimate of drug-likeness (QED) is 0.378. The van der Waals surface area contributed by atoms with Gasteiger partial charge in [-0.15, -0.1) is 40.6 Å². The number of allylic oxidation sites excluding steroid dienone is 2. The number of aliphatic hydroxyl groups is 1. The molecule has 0 saturated heterocycles. The van der Waals surface area contributed by atoms with E-state index in [2.05, 4.69) is 79.8 Å². The molecule has 0 bridgehead atoms. The van der Waals surface area contributed by atoms with E-state index in [9.17, 15) is 0 Å². The molecule has 0 aromatic heterocycles. The molecule has 0 heterocycles. The van der Waals surface area contributed by atoms with Gasteiger partial charge >= 0.3 is 41.9 Å². The minimum absolute atomic E-state index is 0. The zero-order chi connectivity index (χ0) is 18.5. The Morgan fingerprint density at radius 2 is 1.64 bits per heavy atom. The molecule has 1 atom stereocenters. The summed E-state index contributed by atoms with van der Waals surface area (Å²) in [5, 5.41) is 11.8. The first-order chi connectivity index (χ1) is 12.6. The van der Waals surface area contributed by atoms with Gasteiger partial charge in [0.1, 0.15) is 0 Å². The number of halogens is 2. The van der Waals surface area contributed by atoms with E-state index in [1.54, 1.807) is 23.3 Å². The van der Waals surface area contributed by atoms with Crippen molar-refractivity contribution in [1.29, 1.82) is 0 Å². The van der Waals surface area contributed by atoms with Crippen LogP contribution >= 0.6 is 0 Å². The van der Waals surface area contributed by atoms with Gasteiger partial charge in [0.05, 0.1) is 0 Å². The molecular weight excluding hydrogens is 482 g/mol. The second-order valence-corrected chi connectivity index (χ2v) is 16.3. The minimum atomic E-state index is 0. The standard InChI is InChI=1S/C21H19O.C2H6Si.2ClH.Zr/c22-13-5-7-16-14-21(19-10-4-3-9-18(16)19)20-12-11-15-6-1-2-8-17(15)20;1-3-2;;;/h1-4,6,8-12,14,21-22H,5,7,13H2;1-2H3;2*1H;/q-1;;;;+2/p-2. The van der Waals surface area contributed by atoms with Gasteiger partial charge in [0, 0.05) is 6.61 Å². The summed E-state index contributed by atoms with van der Waals surface area (Å²) >= 11 is 1.74. The van der Waals surface area contributed by atoms with Gasteiger partial charge in [-0.05, 0) is 35.5 Å². The molecule has 0 spiro atoms. The molecule has 1 nitrogen and oxygen atoms in total. The maximum atomic E-state index is 9.14. The van der Waals surface area contributed by atoms with Crippen molar-refractivity contribution in [3.05, 3.63) is 83.4 Å². The third kappa shape index (κ3) is 5.97. The predicted molar refractivity (Wildman–Crippen MR) is 110 cm³/mol. The Kier molecular flexibility index (Phi) is 11.1. The molecule has 28 heavy (non-hydrogen) atoms. The predicted octanol–water partition coefficient (Wildman–Crippen LogP) is -0.348. The summed E-state index contributed by atoms with van der Waals surface area (Å²) in [6, 6.07) is 21.8. The van der Waals surface area contributed by atoms with Gasteiger partial charge in [-0.25, -0.2) is 0 Å². The van der Waals surface area contributed by atoms with Crippen LogP contribution in [0.15, 0.2) is 66.7 Å². The van der Waals surface area contributed by atoms with Crippen LogP contribution in [-0.2, 0) is 23.3 Å². The summed E-state index contributed by atoms with van der Waals surface area (Å²) < 4.78 is 0. The van der Waals surface area contributed by atoms with E-state index in [-0.39, 0.29) is 36.9 Å². The van der Waals surface area contributed by atoms with E-state index in [1.165, 1.54) is 33.0 Å². The normalized spacial score (nSPS) is 14.2. The first-order valence-electron chi connectivity index (χ1n) is 9.18. The van der Waals surface area contributed by atoms with Gasteiger partial charge in [0.25, 0.3) is 0 Å². The number of hydrogen-bond donors (Lipinski definition) is 1. The molecule has 0 radical (unpaired) electrons. The summed E-state index contributed by atoms with van der Waals surface area (Å²) in [4.78, 5) is 0. The van der Waals surface area contributed by atoms with Crippen LogP contribution < -0.4 is 24.8 Å². The first kappa shape index (κ1) is 25.5. The second kappa shape index (κ2) is 12.2. The van der Waals surface area contributed by atoms with Gasteiger partial charge in [-0.1, -0.05) is 36.4 Å². The fourth-order valence-electron chi connectivity index (χ4n) is 3.63. The third-order valence-electron chi connectivity index (χ3n) is 4.66. The van der Waals surface area contributed by atoms with Crippen molar-refractivity contribution in [2.75, 3.05) is 6.61 Å². The van der Waals surface area contributed by atoms with Crippen LogP contribution in [0.5, 0.6) is 0 Å². The number of hydrogen-bond acceptors (Lipinski definition) is 1. The topological polar surface area (TPSA) is 20.2 Å². The summed E-state index contributed by atoms with van der Waals surface area (Å²) in [6.45, 7) is 4.87. The number of benzene rings is 2. The third-order valence-corrected chi connectivity index (χ3v) is 4.66. The van der Waals surface area contributed by atoms with Gasteiger partial charge in [-0.3, -0.25) is 0 Å². The zero-order valence-electron chi connectivity index (χ0n) is 16.3. The summed E-state index contributed by atoms with van der Waals surface area (Å²) in [6.07, 6.45) is 4.17. The molecule has 5 heteroatoms. The molecule has 3 aromatic carbocycles. The van der Waals surface area contributed by atoms with Crippen molar-refractivity contribution < 1.29 is 53.3 Å². The fourth-order valence-corrected chi connectivity index (χ4v) is 3.63. The van der Waals surface area contributed by atoms with E-state index < -0.39 is 0 Å². The van der Waals surface area contributed by atoms with Gasteiger partial charge < -0.3 is 29.9 Å². The molecule has 0 amide bonds. The number of fused-ring (bicyclic) bond motifs is 2. The van der Waals surface area contributed by atoms with E-state index in [0.29, 0.717) is 5.92 Å². The van der Waals surface area contributed by atoms with Crippen molar-refractivity contribution in [2.24, 2.45) is 0 Å². The number of aliphatic hydroxyl groups excluding tert-OH is 1. The van der Waals surface area contributed by atoms with E-state index in [0.717, 1.165) is 12.8 Å².